The van der Waals surface area contributed by atoms with E-state index in [1.807, 2.05) is 0 Å². The predicted octanol–water partition coefficient (Wildman–Crippen LogP) is 10.7. The van der Waals surface area contributed by atoms with Crippen molar-refractivity contribution in [2.24, 2.45) is 11.8 Å². The van der Waals surface area contributed by atoms with Gasteiger partial charge < -0.3 is 4.48 Å². The molecule has 1 aliphatic carbocycles. The minimum absolute atomic E-state index is 0.831. The maximum atomic E-state index is 15.4. The van der Waals surface area contributed by atoms with Crippen molar-refractivity contribution in [2.45, 2.75) is 79.2 Å². The summed E-state index contributed by atoms with van der Waals surface area (Å²) >= 11 is 0. The zero-order valence-electron chi connectivity index (χ0n) is 33.7. The van der Waals surface area contributed by atoms with Gasteiger partial charge in [-0.05, 0) is 32.1 Å². The average molecular weight is 934 g/mol. The highest BCUT2D eigenvalue weighted by Gasteiger charge is 2.52. The molecule has 22 heteroatoms. The zero-order chi connectivity index (χ0) is 48.0. The molecule has 348 valence electrons. The van der Waals surface area contributed by atoms with Gasteiger partial charge in [-0.25, -0.2) is 87.8 Å². The van der Waals surface area contributed by atoms with Crippen LogP contribution >= 0.6 is 0 Å². The summed E-state index contributed by atoms with van der Waals surface area (Å²) in [6.45, 7) is 16.2. The van der Waals surface area contributed by atoms with Crippen LogP contribution in [0.4, 0.5) is 87.8 Å². The molecule has 63 heavy (non-hydrogen) atoms. The Hall–Kier alpha value is -4.50. The molecule has 0 aliphatic heterocycles. The van der Waals surface area contributed by atoms with Crippen LogP contribution < -0.4 is 21.9 Å². The molecule has 1 saturated carbocycles. The number of benzene rings is 4. The summed E-state index contributed by atoms with van der Waals surface area (Å²) < 4.78 is 295. The largest absolute Gasteiger partial charge is 0.321 e. The van der Waals surface area contributed by atoms with Gasteiger partial charge in [-0.15, -0.1) is 21.9 Å². The van der Waals surface area contributed by atoms with Crippen molar-refractivity contribution in [1.29, 1.82) is 0 Å². The third-order valence-electron chi connectivity index (χ3n) is 11.2. The standard InChI is InChI=1S/C24BF20.C17H36N/c26-5-1(6(27)14(35)21(42)13(5)34)25(2-7(28)15(36)22(43)16(37)8(2)29,3-9(30)17(38)23(44)18(39)10(3)31)4-11(32)19(40)24(45)20(41)12(4)33;1-6-12-18(13-15(2)3,14-16(4)5)17-10-8-7-9-11-17/h;15-17H,6-14H2,1-5H3/q-1;+1. The summed E-state index contributed by atoms with van der Waals surface area (Å²) in [4.78, 5) is 0. The fourth-order valence-corrected chi connectivity index (χ4v) is 9.14. The Morgan fingerprint density at radius 2 is 0.571 bits per heavy atom. The van der Waals surface area contributed by atoms with Crippen molar-refractivity contribution in [2.75, 3.05) is 19.6 Å². The van der Waals surface area contributed by atoms with Gasteiger partial charge in [-0.3, -0.25) is 0 Å². The first-order valence-electron chi connectivity index (χ1n) is 19.3. The Morgan fingerprint density at radius 3 is 0.762 bits per heavy atom. The highest BCUT2D eigenvalue weighted by atomic mass is 19.2. The summed E-state index contributed by atoms with van der Waals surface area (Å²) in [5.74, 6) is -69.7. The molecule has 4 aromatic rings. The molecule has 0 aromatic heterocycles. The summed E-state index contributed by atoms with van der Waals surface area (Å²) in [6, 6.07) is 0.962. The van der Waals surface area contributed by atoms with Crippen LogP contribution in [0, 0.1) is 128 Å². The summed E-state index contributed by atoms with van der Waals surface area (Å²) in [5.41, 5.74) is -14.3. The monoisotopic (exact) mass is 933 g/mol. The highest BCUT2D eigenvalue weighted by molar-refractivity contribution is 7.20. The Morgan fingerprint density at radius 1 is 0.365 bits per heavy atom. The molecule has 4 aromatic carbocycles. The molecule has 0 unspecified atom stereocenters. The molecule has 0 N–H and O–H groups in total. The van der Waals surface area contributed by atoms with E-state index in [0.29, 0.717) is 0 Å². The van der Waals surface area contributed by atoms with Gasteiger partial charge in [0.25, 0.3) is 0 Å². The van der Waals surface area contributed by atoms with Crippen molar-refractivity contribution in [3.05, 3.63) is 116 Å². The van der Waals surface area contributed by atoms with Gasteiger partial charge in [0.2, 0.25) is 0 Å². The second-order valence-electron chi connectivity index (χ2n) is 16.2. The number of hydrogen-bond donors (Lipinski definition) is 0. The second kappa shape index (κ2) is 19.3. The van der Waals surface area contributed by atoms with Crippen LogP contribution in [0.15, 0.2) is 0 Å². The first-order valence-corrected chi connectivity index (χ1v) is 19.3. The normalized spacial score (nSPS) is 14.0. The second-order valence-corrected chi connectivity index (χ2v) is 16.2. The van der Waals surface area contributed by atoms with Crippen molar-refractivity contribution in [3.8, 4) is 0 Å². The number of halogens is 20. The minimum atomic E-state index is -7.22. The minimum Gasteiger partial charge on any atom is -0.321 e. The molecule has 5 rings (SSSR count). The van der Waals surface area contributed by atoms with E-state index in [9.17, 15) is 52.7 Å². The lowest BCUT2D eigenvalue weighted by Crippen LogP contribution is -2.81. The molecule has 1 aliphatic rings. The Bertz CT molecular complexity index is 1980. The van der Waals surface area contributed by atoms with Crippen LogP contribution in [0.3, 0.4) is 0 Å². The van der Waals surface area contributed by atoms with E-state index in [2.05, 4.69) is 34.6 Å². The van der Waals surface area contributed by atoms with Crippen molar-refractivity contribution in [1.82, 2.24) is 0 Å². The van der Waals surface area contributed by atoms with Gasteiger partial charge in [0.05, 0.1) is 25.7 Å². The van der Waals surface area contributed by atoms with Crippen LogP contribution in [0.1, 0.15) is 73.1 Å². The molecule has 0 saturated heterocycles. The maximum absolute atomic E-state index is 15.4. The number of quaternary nitrogens is 1. The zero-order valence-corrected chi connectivity index (χ0v) is 33.7. The summed E-state index contributed by atoms with van der Waals surface area (Å²) in [6.07, 6.45) is 1.53. The maximum Gasteiger partial charge on any atom is 0.200 e. The van der Waals surface area contributed by atoms with E-state index >= 15 is 35.1 Å². The van der Waals surface area contributed by atoms with E-state index in [0.717, 1.165) is 17.9 Å². The average Bonchev–Trinajstić information content (AvgIpc) is 3.23. The van der Waals surface area contributed by atoms with Gasteiger partial charge in [0.15, 0.2) is 69.8 Å². The third-order valence-corrected chi connectivity index (χ3v) is 11.2. The van der Waals surface area contributed by atoms with Gasteiger partial charge in [-0.2, -0.15) is 0 Å². The quantitative estimate of drug-likeness (QED) is 0.0462. The predicted molar refractivity (Wildman–Crippen MR) is 191 cm³/mol. The fraction of sp³-hybridized carbons (Fsp3) is 0.415. The van der Waals surface area contributed by atoms with Crippen LogP contribution in [-0.4, -0.2) is 36.3 Å². The molecule has 0 heterocycles. The molecule has 0 atom stereocenters. The molecule has 1 nitrogen and oxygen atoms in total. The molecular weight excluding hydrogens is 897 g/mol. The van der Waals surface area contributed by atoms with E-state index in [1.165, 1.54) is 62.6 Å². The lowest BCUT2D eigenvalue weighted by Gasteiger charge is -2.48. The third kappa shape index (κ3) is 8.60. The van der Waals surface area contributed by atoms with E-state index < -0.39 is 144 Å². The Balaban J connectivity index is 0.000000405. The van der Waals surface area contributed by atoms with Crippen molar-refractivity contribution >= 4 is 28.0 Å². The summed E-state index contributed by atoms with van der Waals surface area (Å²) in [5, 5.41) is 0. The van der Waals surface area contributed by atoms with Crippen molar-refractivity contribution in [3.63, 3.8) is 0 Å². The van der Waals surface area contributed by atoms with E-state index in [-0.39, 0.29) is 0 Å². The van der Waals surface area contributed by atoms with Gasteiger partial charge in [0, 0.05) is 11.8 Å². The van der Waals surface area contributed by atoms with Crippen LogP contribution in [0.5, 0.6) is 0 Å². The smallest absolute Gasteiger partial charge is 0.200 e. The number of rotatable bonds is 11. The first-order chi connectivity index (χ1) is 29.2. The molecule has 0 radical (unpaired) electrons. The fourth-order valence-electron chi connectivity index (χ4n) is 9.14. The van der Waals surface area contributed by atoms with E-state index in [4.69, 9.17) is 0 Å². The topological polar surface area (TPSA) is 0 Å². The van der Waals surface area contributed by atoms with Gasteiger partial charge in [0.1, 0.15) is 52.7 Å². The Labute approximate surface area is 347 Å². The number of nitrogens with zero attached hydrogens (tertiary/aromatic N) is 1. The summed E-state index contributed by atoms with van der Waals surface area (Å²) in [7, 11) is 0. The van der Waals surface area contributed by atoms with Gasteiger partial charge in [-0.1, -0.05) is 41.0 Å². The molecule has 0 spiro atoms. The van der Waals surface area contributed by atoms with Crippen LogP contribution in [0.2, 0.25) is 0 Å². The highest BCUT2D eigenvalue weighted by Crippen LogP contribution is 2.33. The SMILES string of the molecule is CCC[N+](CC(C)C)(CC(C)C)C1CCCCC1.Fc1c(F)c(F)c([B-](c2c(F)c(F)c(F)c(F)c2F)(c2c(F)c(F)c(F)c(F)c2F)c2c(F)c(F)c(F)c(F)c2F)c(F)c1F. The van der Waals surface area contributed by atoms with Gasteiger partial charge >= 0.3 is 0 Å². The number of hydrogen-bond acceptors (Lipinski definition) is 0. The first kappa shape index (κ1) is 51.1. The molecule has 1 fully saturated rings. The lowest BCUT2D eigenvalue weighted by molar-refractivity contribution is -0.957. The molecular formula is C41H36BF20N. The van der Waals surface area contributed by atoms with Crippen LogP contribution in [-0.2, 0) is 0 Å². The molecule has 0 amide bonds. The van der Waals surface area contributed by atoms with E-state index in [1.54, 1.807) is 0 Å². The molecule has 0 bridgehead atoms. The lowest BCUT2D eigenvalue weighted by atomic mass is 9.12. The Kier molecular flexibility index (Phi) is 15.7. The van der Waals surface area contributed by atoms with Crippen LogP contribution in [0.25, 0.3) is 0 Å². The van der Waals surface area contributed by atoms with Crippen molar-refractivity contribution < 1.29 is 92.3 Å².